The van der Waals surface area contributed by atoms with Gasteiger partial charge in [-0.1, -0.05) is 18.2 Å². The maximum Gasteiger partial charge on any atom is 0.246 e. The number of sulfonamides is 1. The van der Waals surface area contributed by atoms with Gasteiger partial charge in [0.15, 0.2) is 0 Å². The Labute approximate surface area is 147 Å². The van der Waals surface area contributed by atoms with Crippen molar-refractivity contribution in [1.29, 1.82) is 0 Å². The van der Waals surface area contributed by atoms with Gasteiger partial charge in [-0.3, -0.25) is 5.10 Å². The van der Waals surface area contributed by atoms with Crippen LogP contribution in [0.1, 0.15) is 29.8 Å². The Bertz CT molecular complexity index is 1020. The molecule has 1 aromatic carbocycles. The van der Waals surface area contributed by atoms with Crippen molar-refractivity contribution in [3.8, 4) is 0 Å². The monoisotopic (exact) mass is 358 g/mol. The molecular formula is C18H22N4O2S. The minimum atomic E-state index is -3.57. The van der Waals surface area contributed by atoms with Crippen LogP contribution in [0.2, 0.25) is 0 Å². The molecule has 0 radical (unpaired) electrons. The zero-order valence-corrected chi connectivity index (χ0v) is 15.4. The number of fused-ring (bicyclic) bond motifs is 1. The summed E-state index contributed by atoms with van der Waals surface area (Å²) < 4.78 is 27.5. The fraction of sp³-hybridized carbons (Fsp3) is 0.389. The molecule has 3 aromatic rings. The number of aromatic amines is 2. The predicted molar refractivity (Wildman–Crippen MR) is 97.1 cm³/mol. The summed E-state index contributed by atoms with van der Waals surface area (Å²) >= 11 is 0. The van der Waals surface area contributed by atoms with E-state index in [0.717, 1.165) is 18.4 Å². The Hall–Kier alpha value is -2.12. The maximum absolute atomic E-state index is 13.0. The Morgan fingerprint density at radius 2 is 1.96 bits per heavy atom. The average Bonchev–Trinajstić information content (AvgIpc) is 3.07. The van der Waals surface area contributed by atoms with Gasteiger partial charge in [0.25, 0.3) is 0 Å². The lowest BCUT2D eigenvalue weighted by molar-refractivity contribution is 0.427. The number of hydrogen-bond donors (Lipinski definition) is 2. The van der Waals surface area contributed by atoms with Crippen molar-refractivity contribution in [1.82, 2.24) is 19.5 Å². The van der Waals surface area contributed by atoms with Crippen molar-refractivity contribution >= 4 is 20.9 Å². The molecular weight excluding hydrogens is 336 g/mol. The molecule has 0 atom stereocenters. The molecule has 0 spiro atoms. The van der Waals surface area contributed by atoms with E-state index >= 15 is 0 Å². The standard InChI is InChI=1S/C18H22N4O2S/c1-12-17(13(2)21-20-12)25(23,24)22(3)11-18(8-9-18)15-10-19-16-7-5-4-6-14(15)16/h4-7,10,19H,8-9,11H2,1-3H3,(H,20,21). The van der Waals surface area contributed by atoms with Gasteiger partial charge >= 0.3 is 0 Å². The Kier molecular flexibility index (Phi) is 3.56. The molecule has 25 heavy (non-hydrogen) atoms. The number of aromatic nitrogens is 3. The van der Waals surface area contributed by atoms with Crippen molar-refractivity contribution in [2.75, 3.05) is 13.6 Å². The van der Waals surface area contributed by atoms with E-state index in [1.807, 2.05) is 24.4 Å². The van der Waals surface area contributed by atoms with Gasteiger partial charge in [0.05, 0.1) is 11.4 Å². The van der Waals surface area contributed by atoms with E-state index in [9.17, 15) is 8.42 Å². The van der Waals surface area contributed by atoms with Gasteiger partial charge in [-0.25, -0.2) is 8.42 Å². The first-order chi connectivity index (χ1) is 11.8. The Morgan fingerprint density at radius 1 is 1.24 bits per heavy atom. The van der Waals surface area contributed by atoms with Crippen molar-refractivity contribution in [3.05, 3.63) is 47.4 Å². The van der Waals surface area contributed by atoms with Crippen LogP contribution in [0.5, 0.6) is 0 Å². The number of aryl methyl sites for hydroxylation is 2. The highest BCUT2D eigenvalue weighted by Crippen LogP contribution is 2.51. The molecule has 0 bridgehead atoms. The molecule has 2 N–H and O–H groups in total. The minimum absolute atomic E-state index is 0.104. The van der Waals surface area contributed by atoms with Crippen molar-refractivity contribution in [2.24, 2.45) is 0 Å². The fourth-order valence-corrected chi connectivity index (χ4v) is 5.34. The van der Waals surface area contributed by atoms with Crippen LogP contribution >= 0.6 is 0 Å². The van der Waals surface area contributed by atoms with E-state index in [1.165, 1.54) is 15.3 Å². The molecule has 1 aliphatic carbocycles. The van der Waals surface area contributed by atoms with Crippen molar-refractivity contribution in [2.45, 2.75) is 37.0 Å². The van der Waals surface area contributed by atoms with Crippen LogP contribution < -0.4 is 0 Å². The lowest BCUT2D eigenvalue weighted by atomic mass is 9.95. The van der Waals surface area contributed by atoms with E-state index in [4.69, 9.17) is 0 Å². The third kappa shape index (κ3) is 2.49. The molecule has 6 nitrogen and oxygen atoms in total. The second kappa shape index (κ2) is 5.44. The van der Waals surface area contributed by atoms with Gasteiger partial charge in [-0.15, -0.1) is 0 Å². The van der Waals surface area contributed by atoms with E-state index < -0.39 is 10.0 Å². The minimum Gasteiger partial charge on any atom is -0.361 e. The molecule has 1 saturated carbocycles. The van der Waals surface area contributed by atoms with Gasteiger partial charge in [-0.05, 0) is 38.3 Å². The number of nitrogens with one attached hydrogen (secondary N) is 2. The van der Waals surface area contributed by atoms with E-state index in [1.54, 1.807) is 20.9 Å². The van der Waals surface area contributed by atoms with Gasteiger partial charge < -0.3 is 4.98 Å². The molecule has 0 saturated heterocycles. The molecule has 1 aliphatic rings. The SMILES string of the molecule is Cc1n[nH]c(C)c1S(=O)(=O)N(C)CC1(c2c[nH]c3ccccc23)CC1. The van der Waals surface area contributed by atoms with Crippen LogP contribution in [0, 0.1) is 13.8 Å². The largest absolute Gasteiger partial charge is 0.361 e. The second-order valence-electron chi connectivity index (χ2n) is 7.05. The average molecular weight is 358 g/mol. The highest BCUT2D eigenvalue weighted by molar-refractivity contribution is 7.89. The van der Waals surface area contributed by atoms with Crippen molar-refractivity contribution < 1.29 is 8.42 Å². The number of hydrogen-bond acceptors (Lipinski definition) is 3. The molecule has 0 unspecified atom stereocenters. The Balaban J connectivity index is 1.68. The summed E-state index contributed by atoms with van der Waals surface area (Å²) in [6, 6.07) is 8.17. The van der Waals surface area contributed by atoms with Gasteiger partial charge in [-0.2, -0.15) is 9.40 Å². The predicted octanol–water partition coefficient (Wildman–Crippen LogP) is 2.86. The summed E-state index contributed by atoms with van der Waals surface area (Å²) in [6.07, 6.45) is 4.03. The highest BCUT2D eigenvalue weighted by Gasteiger charge is 2.48. The summed E-state index contributed by atoms with van der Waals surface area (Å²) in [5, 5.41) is 7.98. The first kappa shape index (κ1) is 16.4. The number of rotatable bonds is 5. The van der Waals surface area contributed by atoms with Crippen LogP contribution in [0.25, 0.3) is 10.9 Å². The third-order valence-corrected chi connectivity index (χ3v) is 7.34. The smallest absolute Gasteiger partial charge is 0.246 e. The highest BCUT2D eigenvalue weighted by atomic mass is 32.2. The van der Waals surface area contributed by atoms with E-state index in [-0.39, 0.29) is 5.41 Å². The summed E-state index contributed by atoms with van der Waals surface area (Å²) in [5.41, 5.74) is 3.30. The fourth-order valence-electron chi connectivity index (χ4n) is 3.76. The molecule has 2 heterocycles. The first-order valence-electron chi connectivity index (χ1n) is 8.40. The van der Waals surface area contributed by atoms with Crippen LogP contribution in [0.15, 0.2) is 35.4 Å². The zero-order valence-electron chi connectivity index (χ0n) is 14.6. The molecule has 0 aliphatic heterocycles. The quantitative estimate of drug-likeness (QED) is 0.736. The zero-order chi connectivity index (χ0) is 17.8. The van der Waals surface area contributed by atoms with E-state index in [2.05, 4.69) is 21.2 Å². The van der Waals surface area contributed by atoms with Crippen LogP contribution in [0.4, 0.5) is 0 Å². The molecule has 132 valence electrons. The molecule has 0 amide bonds. The number of H-pyrrole nitrogens is 2. The number of nitrogens with zero attached hydrogens (tertiary/aromatic N) is 2. The van der Waals surface area contributed by atoms with Crippen LogP contribution in [0.3, 0.4) is 0 Å². The summed E-state index contributed by atoms with van der Waals surface area (Å²) in [7, 11) is -1.90. The molecule has 2 aromatic heterocycles. The number of para-hydroxylation sites is 1. The molecule has 1 fully saturated rings. The molecule has 7 heteroatoms. The van der Waals surface area contributed by atoms with Gasteiger partial charge in [0.1, 0.15) is 4.90 Å². The third-order valence-electron chi connectivity index (χ3n) is 5.27. The summed E-state index contributed by atoms with van der Waals surface area (Å²) in [5.74, 6) is 0. The first-order valence-corrected chi connectivity index (χ1v) is 9.84. The van der Waals surface area contributed by atoms with Crippen LogP contribution in [-0.4, -0.2) is 41.5 Å². The van der Waals surface area contributed by atoms with Gasteiger partial charge in [0.2, 0.25) is 10.0 Å². The summed E-state index contributed by atoms with van der Waals surface area (Å²) in [4.78, 5) is 3.61. The molecule has 4 rings (SSSR count). The van der Waals surface area contributed by atoms with Crippen LogP contribution in [-0.2, 0) is 15.4 Å². The Morgan fingerprint density at radius 3 is 2.60 bits per heavy atom. The maximum atomic E-state index is 13.0. The van der Waals surface area contributed by atoms with Gasteiger partial charge in [0, 0.05) is 36.1 Å². The lowest BCUT2D eigenvalue weighted by Crippen LogP contribution is -2.35. The topological polar surface area (TPSA) is 81.8 Å². The number of likely N-dealkylation sites (N-methyl/N-ethyl adjacent to an activating group) is 1. The van der Waals surface area contributed by atoms with Crippen molar-refractivity contribution in [3.63, 3.8) is 0 Å². The lowest BCUT2D eigenvalue weighted by Gasteiger charge is -2.23. The normalized spacial score (nSPS) is 16.6. The summed E-state index contributed by atoms with van der Waals surface area (Å²) in [6.45, 7) is 3.94. The van der Waals surface area contributed by atoms with E-state index in [0.29, 0.717) is 22.8 Å². The number of benzene rings is 1. The second-order valence-corrected chi connectivity index (χ2v) is 9.03.